The molecule has 1 atom stereocenters. The fourth-order valence-electron chi connectivity index (χ4n) is 3.21. The fraction of sp³-hybridized carbons (Fsp3) is 0.333. The molecule has 0 bridgehead atoms. The van der Waals surface area contributed by atoms with E-state index in [1.165, 1.54) is 4.90 Å². The maximum atomic E-state index is 14.5. The summed E-state index contributed by atoms with van der Waals surface area (Å²) >= 11 is 0. The molecule has 0 aromatic heterocycles. The van der Waals surface area contributed by atoms with Gasteiger partial charge in [-0.25, -0.2) is 22.0 Å². The van der Waals surface area contributed by atoms with Crippen LogP contribution in [0.5, 0.6) is 5.75 Å². The van der Waals surface area contributed by atoms with Crippen LogP contribution in [0.4, 0.5) is 35.1 Å². The smallest absolute Gasteiger partial charge is 0.406 e. The van der Waals surface area contributed by atoms with E-state index in [4.69, 9.17) is 0 Å². The number of hydrogen-bond acceptors (Lipinski definition) is 3. The zero-order valence-electron chi connectivity index (χ0n) is 14.6. The van der Waals surface area contributed by atoms with Gasteiger partial charge in [-0.05, 0) is 17.7 Å². The largest absolute Gasteiger partial charge is 0.573 e. The van der Waals surface area contributed by atoms with Crippen molar-refractivity contribution in [3.05, 3.63) is 64.5 Å². The van der Waals surface area contributed by atoms with E-state index in [9.17, 15) is 35.1 Å². The third-order valence-electron chi connectivity index (χ3n) is 4.46. The van der Waals surface area contributed by atoms with Crippen molar-refractivity contribution in [1.29, 1.82) is 0 Å². The first-order valence-electron chi connectivity index (χ1n) is 8.42. The van der Waals surface area contributed by atoms with Crippen molar-refractivity contribution in [1.82, 2.24) is 10.2 Å². The molecule has 0 radical (unpaired) electrons. The first-order chi connectivity index (χ1) is 13.6. The molecule has 0 spiro atoms. The lowest BCUT2D eigenvalue weighted by Crippen LogP contribution is -2.46. The normalized spacial score (nSPS) is 16.7. The van der Waals surface area contributed by atoms with Crippen molar-refractivity contribution >= 4 is 0 Å². The minimum absolute atomic E-state index is 0.0460. The van der Waals surface area contributed by atoms with E-state index >= 15 is 0 Å². The Morgan fingerprint density at radius 2 is 1.28 bits per heavy atom. The number of nitrogens with zero attached hydrogens (tertiary/aromatic N) is 1. The van der Waals surface area contributed by atoms with Crippen LogP contribution in [-0.4, -0.2) is 37.4 Å². The lowest BCUT2D eigenvalue weighted by atomic mass is 9.94. The highest BCUT2D eigenvalue weighted by molar-refractivity contribution is 5.38. The molecule has 158 valence electrons. The van der Waals surface area contributed by atoms with Gasteiger partial charge in [-0.3, -0.25) is 4.90 Å². The monoisotopic (exact) mass is 426 g/mol. The molecule has 3 rings (SSSR count). The Hall–Kier alpha value is -2.40. The van der Waals surface area contributed by atoms with Crippen LogP contribution in [0.3, 0.4) is 0 Å². The van der Waals surface area contributed by atoms with Crippen LogP contribution in [0, 0.1) is 29.1 Å². The van der Waals surface area contributed by atoms with Gasteiger partial charge in [0.25, 0.3) is 0 Å². The van der Waals surface area contributed by atoms with E-state index in [1.807, 2.05) is 0 Å². The number of piperazine rings is 1. The van der Waals surface area contributed by atoms with Crippen LogP contribution in [0.2, 0.25) is 0 Å². The van der Waals surface area contributed by atoms with Gasteiger partial charge < -0.3 is 10.1 Å². The van der Waals surface area contributed by atoms with Crippen molar-refractivity contribution in [2.24, 2.45) is 0 Å². The van der Waals surface area contributed by atoms with Crippen molar-refractivity contribution in [2.45, 2.75) is 12.4 Å². The molecule has 3 nitrogen and oxygen atoms in total. The Bertz CT molecular complexity index is 850. The van der Waals surface area contributed by atoms with Gasteiger partial charge in [-0.2, -0.15) is 0 Å². The second-order valence-electron chi connectivity index (χ2n) is 6.29. The summed E-state index contributed by atoms with van der Waals surface area (Å²) in [5, 5.41) is 2.99. The molecule has 1 N–H and O–H groups in total. The summed E-state index contributed by atoms with van der Waals surface area (Å²) in [6, 6.07) is 2.59. The maximum Gasteiger partial charge on any atom is 0.573 e. The van der Waals surface area contributed by atoms with Crippen molar-refractivity contribution in [3.63, 3.8) is 0 Å². The lowest BCUT2D eigenvalue weighted by molar-refractivity contribution is -0.274. The SMILES string of the molecule is Fc1c(F)c(F)c([C@@H](c2ccc(OC(F)(F)F)cc2)N2CCNCC2)c(F)c1F. The Labute approximate surface area is 159 Å². The topological polar surface area (TPSA) is 24.5 Å². The number of rotatable bonds is 4. The molecule has 0 unspecified atom stereocenters. The van der Waals surface area contributed by atoms with Gasteiger partial charge in [0.05, 0.1) is 11.6 Å². The second kappa shape index (κ2) is 8.15. The zero-order chi connectivity index (χ0) is 21.3. The number of ether oxygens (including phenoxy) is 1. The molecule has 11 heteroatoms. The molecular formula is C18H14F8N2O. The molecule has 1 saturated heterocycles. The standard InChI is InChI=1S/C18H14F8N2O/c19-12-11(13(20)15(22)16(23)14(12)21)17(28-7-5-27-6-8-28)9-1-3-10(4-2-9)29-18(24,25)26/h1-4,17,27H,5-8H2/t17-/m1/s1. The van der Waals surface area contributed by atoms with E-state index in [1.54, 1.807) is 0 Å². The third kappa shape index (κ3) is 4.45. The summed E-state index contributed by atoms with van der Waals surface area (Å²) in [6.07, 6.45) is -4.94. The molecule has 0 saturated carbocycles. The Balaban J connectivity index is 2.10. The summed E-state index contributed by atoms with van der Waals surface area (Å²) in [7, 11) is 0. The van der Waals surface area contributed by atoms with Crippen molar-refractivity contribution < 1.29 is 39.9 Å². The first kappa shape index (κ1) is 21.3. The van der Waals surface area contributed by atoms with Gasteiger partial charge in [0.2, 0.25) is 5.82 Å². The molecule has 2 aromatic rings. The van der Waals surface area contributed by atoms with Gasteiger partial charge in [0.1, 0.15) is 5.75 Å². The minimum Gasteiger partial charge on any atom is -0.406 e. The predicted octanol–water partition coefficient (Wildman–Crippen LogP) is 4.28. The van der Waals surface area contributed by atoms with Crippen LogP contribution >= 0.6 is 0 Å². The number of alkyl halides is 3. The van der Waals surface area contributed by atoms with Gasteiger partial charge in [0.15, 0.2) is 23.3 Å². The van der Waals surface area contributed by atoms with Gasteiger partial charge in [-0.15, -0.1) is 13.2 Å². The van der Waals surface area contributed by atoms with Gasteiger partial charge >= 0.3 is 6.36 Å². The van der Waals surface area contributed by atoms with Crippen LogP contribution in [0.25, 0.3) is 0 Å². The number of hydrogen-bond donors (Lipinski definition) is 1. The molecule has 1 heterocycles. The summed E-state index contributed by atoms with van der Waals surface area (Å²) < 4.78 is 111. The molecular weight excluding hydrogens is 412 g/mol. The molecule has 1 fully saturated rings. The van der Waals surface area contributed by atoms with Crippen molar-refractivity contribution in [3.8, 4) is 5.75 Å². The summed E-state index contributed by atoms with van der Waals surface area (Å²) in [4.78, 5) is 1.48. The molecule has 29 heavy (non-hydrogen) atoms. The first-order valence-corrected chi connectivity index (χ1v) is 8.42. The third-order valence-corrected chi connectivity index (χ3v) is 4.46. The number of halogens is 8. The quantitative estimate of drug-likeness (QED) is 0.449. The molecule has 0 aliphatic carbocycles. The molecule has 1 aliphatic rings. The average Bonchev–Trinajstić information content (AvgIpc) is 2.68. The van der Waals surface area contributed by atoms with E-state index in [2.05, 4.69) is 10.1 Å². The Morgan fingerprint density at radius 1 is 0.793 bits per heavy atom. The summed E-state index contributed by atoms with van der Waals surface area (Å²) in [5.41, 5.74) is -1.02. The van der Waals surface area contributed by atoms with E-state index in [0.717, 1.165) is 24.3 Å². The summed E-state index contributed by atoms with van der Waals surface area (Å²) in [6.45, 7) is 1.21. The summed E-state index contributed by atoms with van der Waals surface area (Å²) in [5.74, 6) is -11.0. The highest BCUT2D eigenvalue weighted by Gasteiger charge is 2.35. The zero-order valence-corrected chi connectivity index (χ0v) is 14.6. The van der Waals surface area contributed by atoms with Crippen LogP contribution < -0.4 is 10.1 Å². The Kier molecular flexibility index (Phi) is 5.99. The molecule has 0 amide bonds. The highest BCUT2D eigenvalue weighted by atomic mass is 19.4. The van der Waals surface area contributed by atoms with E-state index in [0.29, 0.717) is 13.1 Å². The predicted molar refractivity (Wildman–Crippen MR) is 85.6 cm³/mol. The van der Waals surface area contributed by atoms with E-state index < -0.39 is 52.8 Å². The van der Waals surface area contributed by atoms with Crippen LogP contribution in [-0.2, 0) is 0 Å². The van der Waals surface area contributed by atoms with Gasteiger partial charge in [0, 0.05) is 26.2 Å². The number of nitrogens with one attached hydrogen (secondary N) is 1. The average molecular weight is 426 g/mol. The second-order valence-corrected chi connectivity index (χ2v) is 6.29. The van der Waals surface area contributed by atoms with E-state index in [-0.39, 0.29) is 18.7 Å². The van der Waals surface area contributed by atoms with Gasteiger partial charge in [-0.1, -0.05) is 12.1 Å². The number of benzene rings is 2. The van der Waals surface area contributed by atoms with Crippen molar-refractivity contribution in [2.75, 3.05) is 26.2 Å². The Morgan fingerprint density at radius 3 is 1.76 bits per heavy atom. The highest BCUT2D eigenvalue weighted by Crippen LogP contribution is 2.36. The minimum atomic E-state index is -4.94. The van der Waals surface area contributed by atoms with Crippen LogP contribution in [0.1, 0.15) is 17.2 Å². The molecule has 1 aliphatic heterocycles. The molecule has 2 aromatic carbocycles. The lowest BCUT2D eigenvalue weighted by Gasteiger charge is -2.36. The fourth-order valence-corrected chi connectivity index (χ4v) is 3.21. The van der Waals surface area contributed by atoms with Crippen LogP contribution in [0.15, 0.2) is 24.3 Å². The maximum absolute atomic E-state index is 14.5.